The Bertz CT molecular complexity index is 1060. The van der Waals surface area contributed by atoms with Gasteiger partial charge in [0.15, 0.2) is 16.8 Å². The first-order valence-corrected chi connectivity index (χ1v) is 11.1. The molecule has 0 aliphatic heterocycles. The Morgan fingerprint density at radius 2 is 1.84 bits per heavy atom. The van der Waals surface area contributed by atoms with Crippen LogP contribution in [-0.2, 0) is 17.9 Å². The number of benzene rings is 1. The number of ketones is 1. The molecule has 3 aromatic rings. The standard InChI is InChI=1S/C21H26N6O3S/c1-5-26-12-17(20(25-26)30-7-3)19-23-24-21(27(19)6-2)31-13-18(29)22-16-10-8-15(9-11-16)14(4)28/h8-12H,5-7,13H2,1-4H3,(H,22,29). The molecular weight excluding hydrogens is 416 g/mol. The van der Waals surface area contributed by atoms with E-state index in [0.29, 0.717) is 41.3 Å². The van der Waals surface area contributed by atoms with Gasteiger partial charge in [0, 0.05) is 30.5 Å². The van der Waals surface area contributed by atoms with E-state index in [1.807, 2.05) is 31.5 Å². The number of hydrogen-bond donors (Lipinski definition) is 1. The van der Waals surface area contributed by atoms with Gasteiger partial charge in [-0.2, -0.15) is 0 Å². The van der Waals surface area contributed by atoms with Crippen LogP contribution in [0.25, 0.3) is 11.4 Å². The van der Waals surface area contributed by atoms with Crippen LogP contribution >= 0.6 is 11.8 Å². The maximum absolute atomic E-state index is 12.4. The first kappa shape index (κ1) is 22.5. The van der Waals surface area contributed by atoms with Gasteiger partial charge in [0.1, 0.15) is 5.56 Å². The van der Waals surface area contributed by atoms with Gasteiger partial charge in [-0.15, -0.1) is 15.3 Å². The maximum atomic E-state index is 12.4. The molecule has 1 aromatic carbocycles. The second kappa shape index (κ2) is 10.3. The third-order valence-electron chi connectivity index (χ3n) is 4.51. The number of carbonyl (C=O) groups is 2. The highest BCUT2D eigenvalue weighted by Crippen LogP contribution is 2.30. The Kier molecular flexibility index (Phi) is 7.45. The van der Waals surface area contributed by atoms with Gasteiger partial charge in [0.25, 0.3) is 0 Å². The molecule has 0 aliphatic carbocycles. The molecule has 0 fully saturated rings. The van der Waals surface area contributed by atoms with Gasteiger partial charge in [0.05, 0.1) is 12.4 Å². The van der Waals surface area contributed by atoms with E-state index >= 15 is 0 Å². The van der Waals surface area contributed by atoms with Gasteiger partial charge >= 0.3 is 0 Å². The molecule has 2 aromatic heterocycles. The smallest absolute Gasteiger partial charge is 0.243 e. The highest BCUT2D eigenvalue weighted by molar-refractivity contribution is 7.99. The number of thioether (sulfide) groups is 1. The van der Waals surface area contributed by atoms with Crippen molar-refractivity contribution in [2.45, 2.75) is 45.9 Å². The van der Waals surface area contributed by atoms with E-state index in [4.69, 9.17) is 4.74 Å². The van der Waals surface area contributed by atoms with Crippen molar-refractivity contribution in [2.75, 3.05) is 17.7 Å². The molecule has 0 saturated heterocycles. The summed E-state index contributed by atoms with van der Waals surface area (Å²) in [4.78, 5) is 23.7. The molecule has 164 valence electrons. The number of Topliss-reactive ketones (excluding diaryl/α,β-unsaturated/α-hetero) is 1. The Balaban J connectivity index is 1.70. The third kappa shape index (κ3) is 5.32. The molecule has 0 aliphatic rings. The highest BCUT2D eigenvalue weighted by Gasteiger charge is 2.20. The predicted octanol–water partition coefficient (Wildman–Crippen LogP) is 3.51. The summed E-state index contributed by atoms with van der Waals surface area (Å²) in [5, 5.41) is 16.5. The van der Waals surface area contributed by atoms with E-state index in [2.05, 4.69) is 20.6 Å². The number of aryl methyl sites for hydroxylation is 1. The summed E-state index contributed by atoms with van der Waals surface area (Å²) in [6, 6.07) is 6.81. The SMILES string of the molecule is CCOc1nn(CC)cc1-c1nnc(SCC(=O)Nc2ccc(C(C)=O)cc2)n1CC. The molecule has 9 nitrogen and oxygen atoms in total. The van der Waals surface area contributed by atoms with Crippen molar-refractivity contribution in [2.24, 2.45) is 0 Å². The van der Waals surface area contributed by atoms with Crippen LogP contribution in [0.3, 0.4) is 0 Å². The van der Waals surface area contributed by atoms with Gasteiger partial charge in [-0.3, -0.25) is 14.3 Å². The molecule has 31 heavy (non-hydrogen) atoms. The summed E-state index contributed by atoms with van der Waals surface area (Å²) in [7, 11) is 0. The summed E-state index contributed by atoms with van der Waals surface area (Å²) < 4.78 is 9.41. The Hall–Kier alpha value is -3.14. The van der Waals surface area contributed by atoms with E-state index in [1.165, 1.54) is 18.7 Å². The van der Waals surface area contributed by atoms with Crippen LogP contribution in [0.2, 0.25) is 0 Å². The first-order valence-electron chi connectivity index (χ1n) is 10.1. The molecule has 3 rings (SSSR count). The van der Waals surface area contributed by atoms with Crippen LogP contribution in [-0.4, -0.2) is 48.6 Å². The molecule has 0 bridgehead atoms. The average Bonchev–Trinajstić information content (AvgIpc) is 3.36. The van der Waals surface area contributed by atoms with Gasteiger partial charge in [-0.05, 0) is 52.0 Å². The Morgan fingerprint density at radius 1 is 1.10 bits per heavy atom. The lowest BCUT2D eigenvalue weighted by Gasteiger charge is -2.08. The van der Waals surface area contributed by atoms with Crippen molar-refractivity contribution in [3.8, 4) is 17.3 Å². The quantitative estimate of drug-likeness (QED) is 0.378. The van der Waals surface area contributed by atoms with E-state index < -0.39 is 0 Å². The number of aromatic nitrogens is 5. The van der Waals surface area contributed by atoms with Gasteiger partial charge < -0.3 is 14.6 Å². The number of anilines is 1. The van der Waals surface area contributed by atoms with E-state index in [0.717, 1.165) is 12.1 Å². The Labute approximate surface area is 185 Å². The minimum atomic E-state index is -0.165. The van der Waals surface area contributed by atoms with Crippen LogP contribution in [0.1, 0.15) is 38.1 Å². The predicted molar refractivity (Wildman–Crippen MR) is 120 cm³/mol. The minimum absolute atomic E-state index is 0.0138. The van der Waals surface area contributed by atoms with Gasteiger partial charge in [0.2, 0.25) is 11.8 Å². The lowest BCUT2D eigenvalue weighted by atomic mass is 10.1. The van der Waals surface area contributed by atoms with E-state index in [-0.39, 0.29) is 17.4 Å². The zero-order valence-corrected chi connectivity index (χ0v) is 18.9. The van der Waals surface area contributed by atoms with Crippen LogP contribution in [0.4, 0.5) is 5.69 Å². The minimum Gasteiger partial charge on any atom is -0.476 e. The summed E-state index contributed by atoms with van der Waals surface area (Å²) in [6.45, 7) is 9.28. The lowest BCUT2D eigenvalue weighted by Crippen LogP contribution is -2.14. The number of ether oxygens (including phenoxy) is 1. The van der Waals surface area contributed by atoms with Crippen LogP contribution in [0.5, 0.6) is 5.88 Å². The number of rotatable bonds is 10. The monoisotopic (exact) mass is 442 g/mol. The van der Waals surface area contributed by atoms with Crippen molar-refractivity contribution in [3.63, 3.8) is 0 Å². The third-order valence-corrected chi connectivity index (χ3v) is 5.48. The topological polar surface area (TPSA) is 104 Å². The fraction of sp³-hybridized carbons (Fsp3) is 0.381. The zero-order chi connectivity index (χ0) is 22.4. The molecular formula is C21H26N6O3S. The molecule has 0 saturated carbocycles. The number of amides is 1. The molecule has 0 unspecified atom stereocenters. The molecule has 0 radical (unpaired) electrons. The first-order chi connectivity index (χ1) is 15.0. The molecule has 0 spiro atoms. The van der Waals surface area contributed by atoms with Gasteiger partial charge in [-0.25, -0.2) is 0 Å². The summed E-state index contributed by atoms with van der Waals surface area (Å²) >= 11 is 1.31. The number of nitrogens with one attached hydrogen (secondary N) is 1. The highest BCUT2D eigenvalue weighted by atomic mass is 32.2. The lowest BCUT2D eigenvalue weighted by molar-refractivity contribution is -0.113. The molecule has 2 heterocycles. The zero-order valence-electron chi connectivity index (χ0n) is 18.1. The van der Waals surface area contributed by atoms with Crippen LogP contribution < -0.4 is 10.1 Å². The second-order valence-corrected chi connectivity index (χ2v) is 7.60. The number of nitrogens with zero attached hydrogens (tertiary/aromatic N) is 5. The van der Waals surface area contributed by atoms with Crippen LogP contribution in [0, 0.1) is 0 Å². The van der Waals surface area contributed by atoms with Crippen molar-refractivity contribution in [1.29, 1.82) is 0 Å². The van der Waals surface area contributed by atoms with Crippen molar-refractivity contribution >= 4 is 29.1 Å². The van der Waals surface area contributed by atoms with Crippen molar-refractivity contribution in [1.82, 2.24) is 24.5 Å². The van der Waals surface area contributed by atoms with Crippen molar-refractivity contribution in [3.05, 3.63) is 36.0 Å². The summed E-state index contributed by atoms with van der Waals surface area (Å²) in [6.07, 6.45) is 1.90. The number of carbonyl (C=O) groups excluding carboxylic acids is 2. The number of hydrogen-bond acceptors (Lipinski definition) is 7. The largest absolute Gasteiger partial charge is 0.476 e. The maximum Gasteiger partial charge on any atom is 0.243 e. The van der Waals surface area contributed by atoms with Gasteiger partial charge in [-0.1, -0.05) is 11.8 Å². The van der Waals surface area contributed by atoms with Crippen molar-refractivity contribution < 1.29 is 14.3 Å². The summed E-state index contributed by atoms with van der Waals surface area (Å²) in [5.74, 6) is 1.18. The molecule has 1 amide bonds. The normalized spacial score (nSPS) is 10.8. The fourth-order valence-electron chi connectivity index (χ4n) is 2.96. The van der Waals surface area contributed by atoms with E-state index in [9.17, 15) is 9.59 Å². The van der Waals surface area contributed by atoms with Crippen LogP contribution in [0.15, 0.2) is 35.6 Å². The second-order valence-electron chi connectivity index (χ2n) is 6.66. The molecule has 1 N–H and O–H groups in total. The Morgan fingerprint density at radius 3 is 2.45 bits per heavy atom. The van der Waals surface area contributed by atoms with E-state index in [1.54, 1.807) is 28.9 Å². The summed E-state index contributed by atoms with van der Waals surface area (Å²) in [5.41, 5.74) is 2.02. The molecule has 10 heteroatoms. The average molecular weight is 443 g/mol. The fourth-order valence-corrected chi connectivity index (χ4v) is 3.76. The molecule has 0 atom stereocenters.